The number of piperidine rings is 1. The van der Waals surface area contributed by atoms with Gasteiger partial charge in [0, 0.05) is 18.7 Å². The van der Waals surface area contributed by atoms with E-state index in [2.05, 4.69) is 30.2 Å². The maximum atomic E-state index is 13.6. The summed E-state index contributed by atoms with van der Waals surface area (Å²) in [6.07, 6.45) is 1.30. The number of urea groups is 1. The Morgan fingerprint density at radius 2 is 2.00 bits per heavy atom. The molecule has 1 aromatic carbocycles. The molecule has 0 aliphatic carbocycles. The first-order valence-corrected chi connectivity index (χ1v) is 13.2. The highest BCUT2D eigenvalue weighted by atomic mass is 19.4. The zero-order chi connectivity index (χ0) is 28.8. The summed E-state index contributed by atoms with van der Waals surface area (Å²) in [5.41, 5.74) is 0.395. The number of aromatic nitrogens is 4. The van der Waals surface area contributed by atoms with Crippen LogP contribution in [-0.2, 0) is 15.7 Å². The predicted octanol–water partition coefficient (Wildman–Crippen LogP) is 4.50. The van der Waals surface area contributed by atoms with Crippen molar-refractivity contribution >= 4 is 23.2 Å². The van der Waals surface area contributed by atoms with Crippen LogP contribution in [0.5, 0.6) is 6.01 Å². The molecule has 0 radical (unpaired) electrons. The monoisotopic (exact) mass is 571 g/mol. The Morgan fingerprint density at radius 1 is 1.20 bits per heavy atom. The Balaban J connectivity index is 1.21. The van der Waals surface area contributed by atoms with Crippen molar-refractivity contribution in [1.29, 1.82) is 0 Å². The van der Waals surface area contributed by atoms with Gasteiger partial charge in [0.05, 0.1) is 48.2 Å². The molecule has 2 saturated heterocycles. The van der Waals surface area contributed by atoms with Crippen molar-refractivity contribution in [2.24, 2.45) is 0 Å². The number of fused-ring (bicyclic) bond motifs is 4. The average Bonchev–Trinajstić information content (AvgIpc) is 3.30. The van der Waals surface area contributed by atoms with Crippen LogP contribution in [0.4, 0.5) is 35.2 Å². The number of benzene rings is 1. The van der Waals surface area contributed by atoms with E-state index >= 15 is 0 Å². The molecule has 0 spiro atoms. The van der Waals surface area contributed by atoms with Crippen molar-refractivity contribution in [2.75, 3.05) is 41.4 Å². The molecule has 216 valence electrons. The molecule has 11 nitrogen and oxygen atoms in total. The highest BCUT2D eigenvalue weighted by Gasteiger charge is 2.39. The molecule has 2 fully saturated rings. The molecule has 0 saturated carbocycles. The van der Waals surface area contributed by atoms with E-state index in [0.717, 1.165) is 31.5 Å². The molecule has 2 amide bonds. The van der Waals surface area contributed by atoms with Gasteiger partial charge < -0.3 is 24.4 Å². The SMILES string of the molecule is CC1(C)OC[C@H](COc2ncc(NC(=O)N3c4nc(-c5cccc(C(F)(F)F)c5)ncc4N4CCC[C@H]3C4)cn2)O1. The molecule has 41 heavy (non-hydrogen) atoms. The molecule has 2 atom stereocenters. The van der Waals surface area contributed by atoms with Crippen LogP contribution in [0.15, 0.2) is 42.9 Å². The lowest BCUT2D eigenvalue weighted by molar-refractivity contribution is -0.141. The minimum atomic E-state index is -4.50. The lowest BCUT2D eigenvalue weighted by Gasteiger charge is -2.45. The number of carbonyl (C=O) groups is 1. The zero-order valence-electron chi connectivity index (χ0n) is 22.4. The number of hydrogen-bond acceptors (Lipinski definition) is 9. The topological polar surface area (TPSA) is 115 Å². The molecule has 3 aliphatic heterocycles. The maximum Gasteiger partial charge on any atom is 0.416 e. The number of amides is 2. The van der Waals surface area contributed by atoms with Gasteiger partial charge in [0.25, 0.3) is 0 Å². The Hall–Kier alpha value is -4.04. The summed E-state index contributed by atoms with van der Waals surface area (Å²) in [6.45, 7) is 5.63. The van der Waals surface area contributed by atoms with Crippen LogP contribution >= 0.6 is 0 Å². The molecule has 6 rings (SSSR count). The quantitative estimate of drug-likeness (QED) is 0.473. The summed E-state index contributed by atoms with van der Waals surface area (Å²) in [5.74, 6) is -0.230. The highest BCUT2D eigenvalue weighted by molar-refractivity contribution is 6.04. The van der Waals surface area contributed by atoms with Crippen molar-refractivity contribution in [3.05, 3.63) is 48.4 Å². The Labute approximate surface area is 233 Å². The Morgan fingerprint density at radius 3 is 2.73 bits per heavy atom. The fourth-order valence-corrected chi connectivity index (χ4v) is 5.21. The van der Waals surface area contributed by atoms with Crippen LogP contribution in [0.3, 0.4) is 0 Å². The molecule has 2 aromatic heterocycles. The van der Waals surface area contributed by atoms with Crippen LogP contribution < -0.4 is 19.9 Å². The van der Waals surface area contributed by atoms with Gasteiger partial charge in [0.2, 0.25) is 0 Å². The molecule has 2 bridgehead atoms. The highest BCUT2D eigenvalue weighted by Crippen LogP contribution is 2.39. The van der Waals surface area contributed by atoms with Crippen LogP contribution in [0, 0.1) is 0 Å². The molecule has 3 aromatic rings. The number of nitrogens with one attached hydrogen (secondary N) is 1. The fraction of sp³-hybridized carbons (Fsp3) is 0.444. The second-order valence-electron chi connectivity index (χ2n) is 10.5. The largest absolute Gasteiger partial charge is 0.461 e. The molecular weight excluding hydrogens is 543 g/mol. The van der Waals surface area contributed by atoms with Crippen LogP contribution in [0.2, 0.25) is 0 Å². The Kier molecular flexibility index (Phi) is 6.90. The van der Waals surface area contributed by atoms with E-state index in [1.807, 2.05) is 13.8 Å². The van der Waals surface area contributed by atoms with Crippen molar-refractivity contribution in [3.8, 4) is 17.4 Å². The van der Waals surface area contributed by atoms with Crippen molar-refractivity contribution in [2.45, 2.75) is 50.8 Å². The number of rotatable bonds is 5. The minimum absolute atomic E-state index is 0.0960. The van der Waals surface area contributed by atoms with E-state index in [1.165, 1.54) is 24.5 Å². The van der Waals surface area contributed by atoms with Gasteiger partial charge >= 0.3 is 18.2 Å². The van der Waals surface area contributed by atoms with Gasteiger partial charge in [-0.1, -0.05) is 12.1 Å². The third-order valence-electron chi connectivity index (χ3n) is 7.09. The summed E-state index contributed by atoms with van der Waals surface area (Å²) in [6, 6.07) is 4.31. The zero-order valence-corrected chi connectivity index (χ0v) is 22.4. The smallest absolute Gasteiger partial charge is 0.416 e. The maximum absolute atomic E-state index is 13.6. The lowest BCUT2D eigenvalue weighted by atomic mass is 10.0. The molecule has 5 heterocycles. The second-order valence-corrected chi connectivity index (χ2v) is 10.5. The van der Waals surface area contributed by atoms with Gasteiger partial charge in [0.15, 0.2) is 17.4 Å². The van der Waals surface area contributed by atoms with E-state index in [0.29, 0.717) is 30.3 Å². The summed E-state index contributed by atoms with van der Waals surface area (Å²) in [7, 11) is 0. The van der Waals surface area contributed by atoms with Gasteiger partial charge in [-0.15, -0.1) is 0 Å². The molecular formula is C27H28F3N7O4. The molecule has 3 aliphatic rings. The number of halogens is 3. The number of nitrogens with zero attached hydrogens (tertiary/aromatic N) is 6. The first-order valence-electron chi connectivity index (χ1n) is 13.2. The normalized spacial score (nSPS) is 21.4. The van der Waals surface area contributed by atoms with E-state index in [-0.39, 0.29) is 36.2 Å². The number of alkyl halides is 3. The standard InChI is InChI=1S/C27H28F3N7O4/c1-26(2)40-15-20(41-26)14-39-24-32-10-18(11-33-24)34-25(38)37-19-7-4-8-36(13-19)21-12-31-22(35-23(21)37)16-5-3-6-17(9-16)27(28,29)30/h3,5-6,9-12,19-20H,4,7-8,13-15H2,1-2H3,(H,34,38)/t19-,20-/m0/s1. The fourth-order valence-electron chi connectivity index (χ4n) is 5.21. The van der Waals surface area contributed by atoms with E-state index < -0.39 is 23.6 Å². The average molecular weight is 572 g/mol. The van der Waals surface area contributed by atoms with Crippen molar-refractivity contribution in [3.63, 3.8) is 0 Å². The lowest BCUT2D eigenvalue weighted by Crippen LogP contribution is -2.56. The van der Waals surface area contributed by atoms with Crippen LogP contribution in [0.25, 0.3) is 11.4 Å². The van der Waals surface area contributed by atoms with Crippen LogP contribution in [-0.4, -0.2) is 70.2 Å². The third-order valence-corrected chi connectivity index (χ3v) is 7.09. The van der Waals surface area contributed by atoms with Crippen molar-refractivity contribution < 1.29 is 32.2 Å². The number of ether oxygens (including phenoxy) is 3. The summed E-state index contributed by atoms with van der Waals surface area (Å²) in [4.78, 5) is 34.5. The number of hydrogen-bond donors (Lipinski definition) is 1. The van der Waals surface area contributed by atoms with Gasteiger partial charge in [-0.05, 0) is 38.8 Å². The summed E-state index contributed by atoms with van der Waals surface area (Å²) in [5, 5.41) is 2.81. The predicted molar refractivity (Wildman–Crippen MR) is 142 cm³/mol. The molecule has 1 N–H and O–H groups in total. The first kappa shape index (κ1) is 27.1. The summed E-state index contributed by atoms with van der Waals surface area (Å²) < 4.78 is 56.8. The molecule has 14 heteroatoms. The second kappa shape index (κ2) is 10.4. The first-order chi connectivity index (χ1) is 19.6. The van der Waals surface area contributed by atoms with E-state index in [4.69, 9.17) is 14.2 Å². The summed E-state index contributed by atoms with van der Waals surface area (Å²) >= 11 is 0. The van der Waals surface area contributed by atoms with Gasteiger partial charge in [-0.2, -0.15) is 13.2 Å². The molecule has 0 unspecified atom stereocenters. The third kappa shape index (κ3) is 5.75. The van der Waals surface area contributed by atoms with Gasteiger partial charge in [0.1, 0.15) is 12.7 Å². The minimum Gasteiger partial charge on any atom is -0.461 e. The van der Waals surface area contributed by atoms with E-state index in [9.17, 15) is 18.0 Å². The number of carbonyl (C=O) groups excluding carboxylic acids is 1. The number of anilines is 3. The van der Waals surface area contributed by atoms with E-state index in [1.54, 1.807) is 11.1 Å². The van der Waals surface area contributed by atoms with Gasteiger partial charge in [-0.3, -0.25) is 4.90 Å². The van der Waals surface area contributed by atoms with Crippen LogP contribution in [0.1, 0.15) is 32.3 Å². The van der Waals surface area contributed by atoms with Gasteiger partial charge in [-0.25, -0.2) is 24.7 Å². The van der Waals surface area contributed by atoms with Crippen molar-refractivity contribution in [1.82, 2.24) is 19.9 Å². The Bertz CT molecular complexity index is 1440.